The van der Waals surface area contributed by atoms with Gasteiger partial charge in [-0.25, -0.2) is 0 Å². The number of hydrogen-bond donors (Lipinski definition) is 3. The maximum atomic E-state index is 13.5. The molecule has 38 heavy (non-hydrogen) atoms. The molecule has 8 heteroatoms. The van der Waals surface area contributed by atoms with Gasteiger partial charge in [0.2, 0.25) is 0 Å². The summed E-state index contributed by atoms with van der Waals surface area (Å²) >= 11 is 0. The van der Waals surface area contributed by atoms with Crippen LogP contribution in [0.15, 0.2) is 30.9 Å². The second-order valence-electron chi connectivity index (χ2n) is 12.9. The lowest BCUT2D eigenvalue weighted by Gasteiger charge is -2.61. The van der Waals surface area contributed by atoms with Crippen LogP contribution in [0.1, 0.15) is 70.9 Å². The predicted octanol–water partition coefficient (Wildman–Crippen LogP) is 2.90. The van der Waals surface area contributed by atoms with E-state index < -0.39 is 30.2 Å². The summed E-state index contributed by atoms with van der Waals surface area (Å²) in [6.45, 7) is 13.4. The molecule has 2 bridgehead atoms. The number of ketones is 1. The Morgan fingerprint density at radius 1 is 1.32 bits per heavy atom. The Hall–Kier alpha value is -2.00. The minimum Gasteiger partial charge on any atom is -0.461 e. The molecule has 3 N–H and O–H groups in total. The van der Waals surface area contributed by atoms with Gasteiger partial charge in [0.1, 0.15) is 11.9 Å². The lowest BCUT2D eigenvalue weighted by molar-refractivity contribution is -0.206. The van der Waals surface area contributed by atoms with Crippen LogP contribution in [0.2, 0.25) is 0 Å². The van der Waals surface area contributed by atoms with Gasteiger partial charge in [0, 0.05) is 29.7 Å². The molecule has 0 saturated heterocycles. The molecule has 0 radical (unpaired) electrons. The van der Waals surface area contributed by atoms with E-state index in [0.29, 0.717) is 26.0 Å². The summed E-state index contributed by atoms with van der Waals surface area (Å²) in [4.78, 5) is 26.7. The summed E-state index contributed by atoms with van der Waals surface area (Å²) in [6.07, 6.45) is 4.22. The van der Waals surface area contributed by atoms with Crippen molar-refractivity contribution in [3.63, 3.8) is 0 Å². The summed E-state index contributed by atoms with van der Waals surface area (Å²) in [5.74, 6) is -0.205. The molecule has 1 aromatic rings. The van der Waals surface area contributed by atoms with E-state index in [-0.39, 0.29) is 41.5 Å². The van der Waals surface area contributed by atoms with Crippen LogP contribution in [-0.2, 0) is 32.1 Å². The van der Waals surface area contributed by atoms with E-state index in [1.165, 1.54) is 0 Å². The van der Waals surface area contributed by atoms with Crippen molar-refractivity contribution in [2.75, 3.05) is 6.54 Å². The molecule has 0 spiro atoms. The molecule has 0 aromatic heterocycles. The van der Waals surface area contributed by atoms with Crippen LogP contribution < -0.4 is 10.8 Å². The third-order valence-corrected chi connectivity index (χ3v) is 11.0. The van der Waals surface area contributed by atoms with E-state index in [1.54, 1.807) is 0 Å². The Morgan fingerprint density at radius 3 is 2.82 bits per heavy atom. The van der Waals surface area contributed by atoms with Crippen molar-refractivity contribution < 1.29 is 29.1 Å². The number of Topliss-reactive ketones (excluding diaryl/α,β-unsaturated/α-hetero) is 1. The van der Waals surface area contributed by atoms with Crippen molar-refractivity contribution in [2.24, 2.45) is 34.0 Å². The molecule has 3 aliphatic carbocycles. The fourth-order valence-corrected chi connectivity index (χ4v) is 8.38. The van der Waals surface area contributed by atoms with Gasteiger partial charge in [-0.05, 0) is 59.5 Å². The van der Waals surface area contributed by atoms with Crippen LogP contribution in [0.5, 0.6) is 0 Å². The molecule has 8 atom stereocenters. The van der Waals surface area contributed by atoms with E-state index in [2.05, 4.69) is 32.7 Å². The number of esters is 1. The van der Waals surface area contributed by atoms with Crippen LogP contribution in [0.4, 0.5) is 0 Å². The second-order valence-corrected chi connectivity index (χ2v) is 12.9. The van der Waals surface area contributed by atoms with Gasteiger partial charge in [-0.2, -0.15) is 0 Å². The SMILES string of the molecule is C=C[C@]1(C)C[C@@H](OC(=O)CNCc2ccc3c(c2)B(O)OC3)[C@@]2(C)[C@@H]3C(=O)CC[C@@]3(CC[C@@H]2C)[C@@H](C)[C@@H]1O. The third-order valence-electron chi connectivity index (χ3n) is 11.0. The molecule has 1 aromatic carbocycles. The van der Waals surface area contributed by atoms with Crippen molar-refractivity contribution in [1.29, 1.82) is 0 Å². The van der Waals surface area contributed by atoms with Gasteiger partial charge in [0.15, 0.2) is 0 Å². The first-order chi connectivity index (χ1) is 18.0. The number of fused-ring (bicyclic) bond motifs is 1. The van der Waals surface area contributed by atoms with Crippen LogP contribution in [0.25, 0.3) is 0 Å². The van der Waals surface area contributed by atoms with Gasteiger partial charge in [-0.1, -0.05) is 52.0 Å². The van der Waals surface area contributed by atoms with Crippen LogP contribution >= 0.6 is 0 Å². The molecule has 0 amide bonds. The molecule has 7 nitrogen and oxygen atoms in total. The highest BCUT2D eigenvalue weighted by molar-refractivity contribution is 6.61. The van der Waals surface area contributed by atoms with Crippen molar-refractivity contribution in [3.8, 4) is 0 Å². The van der Waals surface area contributed by atoms with E-state index in [4.69, 9.17) is 9.39 Å². The fraction of sp³-hybridized carbons (Fsp3) is 0.667. The summed E-state index contributed by atoms with van der Waals surface area (Å²) in [5.41, 5.74) is 1.23. The topological polar surface area (TPSA) is 105 Å². The number of hydrogen-bond acceptors (Lipinski definition) is 7. The number of carbonyl (C=O) groups excluding carboxylic acids is 2. The second kappa shape index (κ2) is 9.88. The van der Waals surface area contributed by atoms with Crippen LogP contribution in [0, 0.1) is 34.0 Å². The minimum atomic E-state index is -0.907. The van der Waals surface area contributed by atoms with E-state index in [9.17, 15) is 19.7 Å². The molecule has 1 aliphatic heterocycles. The number of aliphatic hydroxyl groups is 1. The summed E-state index contributed by atoms with van der Waals surface area (Å²) in [6, 6.07) is 5.80. The highest BCUT2D eigenvalue weighted by atomic mass is 16.5. The Labute approximate surface area is 226 Å². The summed E-state index contributed by atoms with van der Waals surface area (Å²) in [7, 11) is -0.907. The fourth-order valence-electron chi connectivity index (χ4n) is 8.38. The first kappa shape index (κ1) is 27.6. The zero-order chi connectivity index (χ0) is 27.5. The monoisotopic (exact) mass is 523 g/mol. The lowest BCUT2D eigenvalue weighted by atomic mass is 9.44. The Morgan fingerprint density at radius 2 is 2.08 bits per heavy atom. The summed E-state index contributed by atoms with van der Waals surface area (Å²) < 4.78 is 11.5. The summed E-state index contributed by atoms with van der Waals surface area (Å²) in [5, 5.41) is 24.8. The average molecular weight is 523 g/mol. The number of benzene rings is 1. The maximum Gasteiger partial charge on any atom is 0.491 e. The van der Waals surface area contributed by atoms with Crippen LogP contribution in [-0.4, -0.2) is 47.8 Å². The molecule has 1 heterocycles. The van der Waals surface area contributed by atoms with E-state index in [0.717, 1.165) is 35.9 Å². The third kappa shape index (κ3) is 4.19. The molecule has 4 aliphatic rings. The molecular formula is C30H42BNO6. The number of ether oxygens (including phenoxy) is 1. The standard InChI is InChI=1S/C30H42BNO6/c1-6-28(4)14-24(38-25(34)16-32-15-20-7-8-21-17-37-31(36)22(21)13-20)29(5)18(2)9-11-30(19(3)27(28)35)12-10-23(33)26(29)30/h6-8,13,18-19,24,26-27,32,35-36H,1,9-12,14-17H2,2-5H3/t18-,19-,24+,26-,27-,28+,29-,30-/m0/s1. The van der Waals surface area contributed by atoms with Gasteiger partial charge in [0.25, 0.3) is 0 Å². The van der Waals surface area contributed by atoms with Gasteiger partial charge in [-0.3, -0.25) is 9.59 Å². The van der Waals surface area contributed by atoms with Gasteiger partial charge >= 0.3 is 13.1 Å². The quantitative estimate of drug-likeness (QED) is 0.299. The molecule has 206 valence electrons. The first-order valence-corrected chi connectivity index (χ1v) is 14.1. The smallest absolute Gasteiger partial charge is 0.461 e. The highest BCUT2D eigenvalue weighted by Crippen LogP contribution is 2.67. The molecule has 0 unspecified atom stereocenters. The number of rotatable bonds is 6. The Balaban J connectivity index is 1.37. The van der Waals surface area contributed by atoms with Crippen molar-refractivity contribution >= 4 is 24.3 Å². The molecule has 3 fully saturated rings. The molecule has 3 saturated carbocycles. The van der Waals surface area contributed by atoms with Crippen molar-refractivity contribution in [2.45, 2.75) is 85.2 Å². The Kier molecular flexibility index (Phi) is 7.17. The van der Waals surface area contributed by atoms with E-state index >= 15 is 0 Å². The lowest BCUT2D eigenvalue weighted by Crippen LogP contribution is -2.63. The number of nitrogens with one attached hydrogen (secondary N) is 1. The largest absolute Gasteiger partial charge is 0.491 e. The predicted molar refractivity (Wildman–Crippen MR) is 145 cm³/mol. The van der Waals surface area contributed by atoms with E-state index in [1.807, 2.05) is 31.2 Å². The minimum absolute atomic E-state index is 0.0185. The highest BCUT2D eigenvalue weighted by Gasteiger charge is 2.68. The van der Waals surface area contributed by atoms with Crippen molar-refractivity contribution in [3.05, 3.63) is 42.0 Å². The van der Waals surface area contributed by atoms with Gasteiger partial charge in [-0.15, -0.1) is 6.58 Å². The molecule has 5 rings (SSSR count). The zero-order valence-corrected chi connectivity index (χ0v) is 23.2. The van der Waals surface area contributed by atoms with Crippen LogP contribution in [0.3, 0.4) is 0 Å². The normalized spacial score (nSPS) is 40.2. The van der Waals surface area contributed by atoms with Gasteiger partial charge < -0.3 is 24.8 Å². The zero-order valence-electron chi connectivity index (χ0n) is 23.2. The van der Waals surface area contributed by atoms with Gasteiger partial charge in [0.05, 0.1) is 19.3 Å². The average Bonchev–Trinajstić information content (AvgIpc) is 3.45. The Bertz CT molecular complexity index is 1130. The number of aliphatic hydroxyl groups excluding tert-OH is 1. The van der Waals surface area contributed by atoms with Crippen molar-refractivity contribution in [1.82, 2.24) is 5.32 Å². The number of carbonyl (C=O) groups is 2. The first-order valence-electron chi connectivity index (χ1n) is 14.1. The maximum absolute atomic E-state index is 13.5. The molecular weight excluding hydrogens is 481 g/mol.